The number of morpholine rings is 1. The van der Waals surface area contributed by atoms with E-state index in [1.165, 1.54) is 0 Å². The molecule has 4 aromatic rings. The lowest BCUT2D eigenvalue weighted by Crippen LogP contribution is -2.36. The smallest absolute Gasteiger partial charge is 0.253 e. The Morgan fingerprint density at radius 2 is 1.95 bits per heavy atom. The van der Waals surface area contributed by atoms with Crippen LogP contribution in [0.3, 0.4) is 0 Å². The molecule has 1 saturated carbocycles. The second-order valence-electron chi connectivity index (χ2n) is 10.1. The number of aryl methyl sites for hydroxylation is 3. The van der Waals surface area contributed by atoms with Crippen molar-refractivity contribution >= 4 is 22.8 Å². The standard InChI is InChI=1S/C28H31N7O3/c1-16-12-17(2)31-28(37)22(16)15-30-27(36)21-13-23(32-26-25(21)18(3)33-35(26)20-5-6-20)19-4-7-24(29-14-19)34-8-10-38-11-9-34/h4,7,12-14,20H,5-6,8-11,15H2,1-3H3,(H,30,36)(H,31,37). The third-order valence-electron chi connectivity index (χ3n) is 7.27. The van der Waals surface area contributed by atoms with Gasteiger partial charge in [-0.25, -0.2) is 14.6 Å². The molecule has 0 aromatic carbocycles. The summed E-state index contributed by atoms with van der Waals surface area (Å²) in [5.41, 5.74) is 5.44. The maximum Gasteiger partial charge on any atom is 0.253 e. The Balaban J connectivity index is 1.37. The minimum absolute atomic E-state index is 0.130. The van der Waals surface area contributed by atoms with Crippen LogP contribution < -0.4 is 15.8 Å². The van der Waals surface area contributed by atoms with Gasteiger partial charge in [-0.2, -0.15) is 5.10 Å². The van der Waals surface area contributed by atoms with Gasteiger partial charge in [0, 0.05) is 42.7 Å². The summed E-state index contributed by atoms with van der Waals surface area (Å²) >= 11 is 0. The summed E-state index contributed by atoms with van der Waals surface area (Å²) in [6.45, 7) is 8.77. The Hall–Kier alpha value is -4.05. The molecule has 0 atom stereocenters. The van der Waals surface area contributed by atoms with Crippen molar-refractivity contribution in [3.05, 3.63) is 68.9 Å². The average Bonchev–Trinajstić information content (AvgIpc) is 3.71. The highest BCUT2D eigenvalue weighted by atomic mass is 16.5. The van der Waals surface area contributed by atoms with Crippen molar-refractivity contribution < 1.29 is 9.53 Å². The molecule has 1 aliphatic carbocycles. The van der Waals surface area contributed by atoms with Crippen molar-refractivity contribution in [3.63, 3.8) is 0 Å². The van der Waals surface area contributed by atoms with Crippen molar-refractivity contribution in [2.24, 2.45) is 0 Å². The molecule has 2 fully saturated rings. The van der Waals surface area contributed by atoms with E-state index in [0.717, 1.165) is 59.7 Å². The zero-order valence-corrected chi connectivity index (χ0v) is 21.9. The number of nitrogens with zero attached hydrogens (tertiary/aromatic N) is 5. The van der Waals surface area contributed by atoms with E-state index in [0.29, 0.717) is 41.7 Å². The van der Waals surface area contributed by atoms with Gasteiger partial charge in [-0.3, -0.25) is 9.59 Å². The average molecular weight is 514 g/mol. The molecule has 0 spiro atoms. The SMILES string of the molecule is Cc1cc(C)c(CNC(=O)c2cc(-c3ccc(N4CCOCC4)nc3)nc3c2c(C)nn3C2CC2)c(=O)[nH]1. The number of anilines is 1. The Kier molecular flexibility index (Phi) is 6.19. The lowest BCUT2D eigenvalue weighted by Gasteiger charge is -2.27. The first-order valence-electron chi connectivity index (χ1n) is 13.1. The van der Waals surface area contributed by atoms with Crippen LogP contribution in [0.2, 0.25) is 0 Å². The summed E-state index contributed by atoms with van der Waals surface area (Å²) in [4.78, 5) is 40.7. The predicted octanol–water partition coefficient (Wildman–Crippen LogP) is 3.21. The molecule has 5 heterocycles. The van der Waals surface area contributed by atoms with Gasteiger partial charge in [-0.05, 0) is 63.4 Å². The van der Waals surface area contributed by atoms with E-state index in [2.05, 4.69) is 20.2 Å². The molecule has 6 rings (SSSR count). The van der Waals surface area contributed by atoms with Crippen LogP contribution in [0.25, 0.3) is 22.3 Å². The van der Waals surface area contributed by atoms with Gasteiger partial charge in [-0.15, -0.1) is 0 Å². The van der Waals surface area contributed by atoms with E-state index >= 15 is 0 Å². The first-order valence-corrected chi connectivity index (χ1v) is 13.1. The molecule has 0 radical (unpaired) electrons. The largest absolute Gasteiger partial charge is 0.378 e. The summed E-state index contributed by atoms with van der Waals surface area (Å²) in [6, 6.07) is 8.00. The third kappa shape index (κ3) is 4.56. The van der Waals surface area contributed by atoms with Crippen LogP contribution in [-0.4, -0.2) is 56.9 Å². The van der Waals surface area contributed by atoms with Gasteiger partial charge >= 0.3 is 0 Å². The highest BCUT2D eigenvalue weighted by Crippen LogP contribution is 2.38. The Labute approximate surface area is 220 Å². The normalized spacial score (nSPS) is 15.7. The Morgan fingerprint density at radius 3 is 2.63 bits per heavy atom. The van der Waals surface area contributed by atoms with Gasteiger partial charge in [0.25, 0.3) is 11.5 Å². The molecular formula is C28H31N7O3. The van der Waals surface area contributed by atoms with Crippen LogP contribution >= 0.6 is 0 Å². The van der Waals surface area contributed by atoms with Crippen LogP contribution in [0.1, 0.15) is 51.8 Å². The van der Waals surface area contributed by atoms with Crippen molar-refractivity contribution in [2.75, 3.05) is 31.2 Å². The molecule has 0 bridgehead atoms. The first kappa shape index (κ1) is 24.3. The van der Waals surface area contributed by atoms with E-state index in [1.807, 2.05) is 43.7 Å². The number of aromatic nitrogens is 5. The van der Waals surface area contributed by atoms with Gasteiger partial charge in [0.05, 0.1) is 41.6 Å². The number of fused-ring (bicyclic) bond motifs is 1. The molecular weight excluding hydrogens is 482 g/mol. The van der Waals surface area contributed by atoms with Gasteiger partial charge in [0.15, 0.2) is 5.65 Å². The number of rotatable bonds is 6. The summed E-state index contributed by atoms with van der Waals surface area (Å²) < 4.78 is 7.40. The zero-order chi connectivity index (χ0) is 26.4. The Bertz CT molecular complexity index is 1580. The fourth-order valence-corrected chi connectivity index (χ4v) is 5.10. The summed E-state index contributed by atoms with van der Waals surface area (Å²) in [5.74, 6) is 0.628. The number of H-pyrrole nitrogens is 1. The molecule has 2 N–H and O–H groups in total. The van der Waals surface area contributed by atoms with Gasteiger partial charge in [-0.1, -0.05) is 0 Å². The molecule has 0 unspecified atom stereocenters. The number of hydrogen-bond donors (Lipinski definition) is 2. The van der Waals surface area contributed by atoms with Crippen molar-refractivity contribution in [1.82, 2.24) is 30.0 Å². The summed E-state index contributed by atoms with van der Waals surface area (Å²) in [5, 5.41) is 8.45. The monoisotopic (exact) mass is 513 g/mol. The number of pyridine rings is 3. The Morgan fingerprint density at radius 1 is 1.16 bits per heavy atom. The van der Waals surface area contributed by atoms with Crippen molar-refractivity contribution in [1.29, 1.82) is 0 Å². The minimum Gasteiger partial charge on any atom is -0.378 e. The number of nitrogens with one attached hydrogen (secondary N) is 2. The second-order valence-corrected chi connectivity index (χ2v) is 10.1. The second kappa shape index (κ2) is 9.68. The van der Waals surface area contributed by atoms with Gasteiger partial charge < -0.3 is 19.9 Å². The van der Waals surface area contributed by atoms with Crippen LogP contribution in [-0.2, 0) is 11.3 Å². The van der Waals surface area contributed by atoms with Crippen LogP contribution in [0.4, 0.5) is 5.82 Å². The highest BCUT2D eigenvalue weighted by molar-refractivity contribution is 6.07. The van der Waals surface area contributed by atoms with Gasteiger partial charge in [0.2, 0.25) is 0 Å². The molecule has 4 aromatic heterocycles. The topological polar surface area (TPSA) is 118 Å². The maximum atomic E-state index is 13.6. The quantitative estimate of drug-likeness (QED) is 0.406. The van der Waals surface area contributed by atoms with E-state index in [-0.39, 0.29) is 18.0 Å². The van der Waals surface area contributed by atoms with Crippen LogP contribution in [0.15, 0.2) is 35.3 Å². The van der Waals surface area contributed by atoms with Crippen molar-refractivity contribution in [2.45, 2.75) is 46.2 Å². The number of amides is 1. The van der Waals surface area contributed by atoms with Gasteiger partial charge in [0.1, 0.15) is 5.82 Å². The molecule has 10 heteroatoms. The maximum absolute atomic E-state index is 13.6. The number of carbonyl (C=O) groups excluding carboxylic acids is 1. The van der Waals surface area contributed by atoms with Crippen LogP contribution in [0.5, 0.6) is 0 Å². The minimum atomic E-state index is -0.269. The predicted molar refractivity (Wildman–Crippen MR) is 145 cm³/mol. The lowest BCUT2D eigenvalue weighted by atomic mass is 10.1. The number of aromatic amines is 1. The van der Waals surface area contributed by atoms with Crippen molar-refractivity contribution in [3.8, 4) is 11.3 Å². The summed E-state index contributed by atoms with van der Waals surface area (Å²) in [6.07, 6.45) is 3.91. The molecule has 1 amide bonds. The first-order chi connectivity index (χ1) is 18.4. The van der Waals surface area contributed by atoms with Crippen LogP contribution in [0, 0.1) is 20.8 Å². The third-order valence-corrected chi connectivity index (χ3v) is 7.27. The molecule has 1 aliphatic heterocycles. The number of carbonyl (C=O) groups is 1. The fraction of sp³-hybridized carbons (Fsp3) is 0.393. The molecule has 38 heavy (non-hydrogen) atoms. The van der Waals surface area contributed by atoms with E-state index < -0.39 is 0 Å². The lowest BCUT2D eigenvalue weighted by molar-refractivity contribution is 0.0952. The molecule has 10 nitrogen and oxygen atoms in total. The van der Waals surface area contributed by atoms with E-state index in [9.17, 15) is 9.59 Å². The number of ether oxygens (including phenoxy) is 1. The molecule has 196 valence electrons. The van der Waals surface area contributed by atoms with E-state index in [1.54, 1.807) is 12.3 Å². The zero-order valence-electron chi connectivity index (χ0n) is 21.9. The molecule has 1 saturated heterocycles. The van der Waals surface area contributed by atoms with E-state index in [4.69, 9.17) is 14.8 Å². The highest BCUT2D eigenvalue weighted by Gasteiger charge is 2.30. The molecule has 2 aliphatic rings. The number of hydrogen-bond acceptors (Lipinski definition) is 7. The fourth-order valence-electron chi connectivity index (χ4n) is 5.10. The summed E-state index contributed by atoms with van der Waals surface area (Å²) in [7, 11) is 0.